The van der Waals surface area contributed by atoms with E-state index in [9.17, 15) is 0 Å². The van der Waals surface area contributed by atoms with Crippen molar-refractivity contribution in [3.05, 3.63) is 78.5 Å². The highest BCUT2D eigenvalue weighted by molar-refractivity contribution is 7.14. The van der Waals surface area contributed by atoms with Crippen LogP contribution >= 0.6 is 11.3 Å². The zero-order chi connectivity index (χ0) is 14.9. The summed E-state index contributed by atoms with van der Waals surface area (Å²) in [5.41, 5.74) is 2.73. The number of pyridine rings is 1. The molecule has 0 atom stereocenters. The summed E-state index contributed by atoms with van der Waals surface area (Å²) in [7, 11) is 0. The Balaban J connectivity index is 2.15. The van der Waals surface area contributed by atoms with Crippen LogP contribution < -0.4 is 5.32 Å². The monoisotopic (exact) mass is 295 g/mol. The molecular formula is C17H17N3S. The van der Waals surface area contributed by atoms with Gasteiger partial charge in [-0.1, -0.05) is 36.9 Å². The highest BCUT2D eigenvalue weighted by Crippen LogP contribution is 2.24. The SMILES string of the molecule is C=C\C=C/C=C(\C=C/C)Nc1nc(-c2ccccn2)cs1. The molecule has 3 nitrogen and oxygen atoms in total. The van der Waals surface area contributed by atoms with Gasteiger partial charge in [0.1, 0.15) is 5.69 Å². The summed E-state index contributed by atoms with van der Waals surface area (Å²) in [5.74, 6) is 0. The van der Waals surface area contributed by atoms with Crippen LogP contribution in [0.3, 0.4) is 0 Å². The van der Waals surface area contributed by atoms with Gasteiger partial charge < -0.3 is 5.32 Å². The fraction of sp³-hybridized carbons (Fsp3) is 0.0588. The summed E-state index contributed by atoms with van der Waals surface area (Å²) < 4.78 is 0. The van der Waals surface area contributed by atoms with Gasteiger partial charge in [0.25, 0.3) is 0 Å². The minimum absolute atomic E-state index is 0.840. The lowest BCUT2D eigenvalue weighted by atomic mass is 10.3. The number of allylic oxidation sites excluding steroid dienone is 6. The molecule has 0 bridgehead atoms. The molecule has 0 spiro atoms. The Morgan fingerprint density at radius 1 is 1.29 bits per heavy atom. The van der Waals surface area contributed by atoms with E-state index in [1.165, 1.54) is 0 Å². The number of rotatable bonds is 6. The van der Waals surface area contributed by atoms with Crippen LogP contribution in [0.15, 0.2) is 78.5 Å². The van der Waals surface area contributed by atoms with Crippen molar-refractivity contribution in [1.29, 1.82) is 0 Å². The molecule has 0 saturated carbocycles. The molecule has 2 heterocycles. The summed E-state index contributed by atoms with van der Waals surface area (Å²) in [5, 5.41) is 6.13. The Morgan fingerprint density at radius 3 is 2.90 bits per heavy atom. The number of hydrogen-bond donors (Lipinski definition) is 1. The molecule has 0 aliphatic rings. The van der Waals surface area contributed by atoms with Gasteiger partial charge in [-0.25, -0.2) is 4.98 Å². The minimum atomic E-state index is 0.840. The topological polar surface area (TPSA) is 37.8 Å². The zero-order valence-electron chi connectivity index (χ0n) is 11.9. The predicted octanol–water partition coefficient (Wildman–Crippen LogP) is 4.82. The Morgan fingerprint density at radius 2 is 2.19 bits per heavy atom. The number of hydrogen-bond acceptors (Lipinski definition) is 4. The van der Waals surface area contributed by atoms with Gasteiger partial charge in [0, 0.05) is 17.3 Å². The van der Waals surface area contributed by atoms with E-state index in [4.69, 9.17) is 0 Å². The summed E-state index contributed by atoms with van der Waals surface area (Å²) in [6, 6.07) is 5.81. The van der Waals surface area contributed by atoms with E-state index in [1.54, 1.807) is 23.6 Å². The number of nitrogens with one attached hydrogen (secondary N) is 1. The lowest BCUT2D eigenvalue weighted by Gasteiger charge is -2.02. The second kappa shape index (κ2) is 7.97. The van der Waals surface area contributed by atoms with Crippen LogP contribution in [-0.2, 0) is 0 Å². The molecule has 1 N–H and O–H groups in total. The summed E-state index contributed by atoms with van der Waals surface area (Å²) >= 11 is 1.56. The molecule has 2 aromatic heterocycles. The molecule has 0 unspecified atom stereocenters. The van der Waals surface area contributed by atoms with Gasteiger partial charge in [-0.2, -0.15) is 0 Å². The highest BCUT2D eigenvalue weighted by Gasteiger charge is 2.05. The third-order valence-electron chi connectivity index (χ3n) is 2.55. The molecule has 2 rings (SSSR count). The number of nitrogens with zero attached hydrogens (tertiary/aromatic N) is 2. The molecule has 0 amide bonds. The van der Waals surface area contributed by atoms with Gasteiger partial charge in [0.2, 0.25) is 0 Å². The molecule has 2 aromatic rings. The fourth-order valence-electron chi connectivity index (χ4n) is 1.64. The average molecular weight is 295 g/mol. The van der Waals surface area contributed by atoms with Crippen LogP contribution in [0.5, 0.6) is 0 Å². The maximum atomic E-state index is 4.56. The predicted molar refractivity (Wildman–Crippen MR) is 91.2 cm³/mol. The molecule has 0 fully saturated rings. The maximum absolute atomic E-state index is 4.56. The molecular weight excluding hydrogens is 278 g/mol. The highest BCUT2D eigenvalue weighted by atomic mass is 32.1. The van der Waals surface area contributed by atoms with E-state index in [-0.39, 0.29) is 0 Å². The standard InChI is InChI=1S/C17H17N3S/c1-3-5-6-10-14(9-4-2)19-17-20-16(13-21-17)15-11-7-8-12-18-15/h3-13H,1H2,2H3,(H,19,20)/b6-5-,9-4-,14-10+. The second-order valence-electron chi connectivity index (χ2n) is 4.12. The maximum Gasteiger partial charge on any atom is 0.187 e. The van der Waals surface area contributed by atoms with Gasteiger partial charge in [-0.15, -0.1) is 11.3 Å². The van der Waals surface area contributed by atoms with Gasteiger partial charge in [-0.3, -0.25) is 4.98 Å². The number of aromatic nitrogens is 2. The summed E-state index contributed by atoms with van der Waals surface area (Å²) in [6.45, 7) is 5.63. The summed E-state index contributed by atoms with van der Waals surface area (Å²) in [6.07, 6.45) is 13.3. The smallest absolute Gasteiger partial charge is 0.187 e. The normalized spacial score (nSPS) is 12.1. The second-order valence-corrected chi connectivity index (χ2v) is 4.98. The van der Waals surface area contributed by atoms with E-state index in [0.29, 0.717) is 0 Å². The minimum Gasteiger partial charge on any atom is -0.332 e. The number of thiazole rings is 1. The van der Waals surface area contributed by atoms with Gasteiger partial charge in [0.15, 0.2) is 5.13 Å². The van der Waals surface area contributed by atoms with Gasteiger partial charge in [-0.05, 0) is 31.2 Å². The van der Waals surface area contributed by atoms with Crippen molar-refractivity contribution in [2.24, 2.45) is 0 Å². The lowest BCUT2D eigenvalue weighted by Crippen LogP contribution is -1.96. The van der Waals surface area contributed by atoms with Gasteiger partial charge >= 0.3 is 0 Å². The van der Waals surface area contributed by atoms with E-state index < -0.39 is 0 Å². The number of anilines is 1. The van der Waals surface area contributed by atoms with Crippen molar-refractivity contribution in [2.45, 2.75) is 6.92 Å². The third-order valence-corrected chi connectivity index (χ3v) is 3.31. The Labute approximate surface area is 129 Å². The Bertz CT molecular complexity index is 666. The van der Waals surface area contributed by atoms with Crippen molar-refractivity contribution in [3.8, 4) is 11.4 Å². The van der Waals surface area contributed by atoms with Crippen molar-refractivity contribution < 1.29 is 0 Å². The first-order valence-electron chi connectivity index (χ1n) is 6.59. The van der Waals surface area contributed by atoms with E-state index in [0.717, 1.165) is 22.2 Å². The largest absolute Gasteiger partial charge is 0.332 e. The van der Waals surface area contributed by atoms with Crippen LogP contribution in [0.2, 0.25) is 0 Å². The van der Waals surface area contributed by atoms with E-state index >= 15 is 0 Å². The first-order valence-corrected chi connectivity index (χ1v) is 7.47. The van der Waals surface area contributed by atoms with Crippen LogP contribution in [0, 0.1) is 0 Å². The molecule has 106 valence electrons. The van der Waals surface area contributed by atoms with Gasteiger partial charge in [0.05, 0.1) is 5.69 Å². The lowest BCUT2D eigenvalue weighted by molar-refractivity contribution is 1.27. The van der Waals surface area contributed by atoms with Crippen LogP contribution in [0.4, 0.5) is 5.13 Å². The quantitative estimate of drug-likeness (QED) is 0.776. The van der Waals surface area contributed by atoms with E-state index in [2.05, 4.69) is 21.9 Å². The average Bonchev–Trinajstić information content (AvgIpc) is 2.97. The van der Waals surface area contributed by atoms with Crippen molar-refractivity contribution in [2.75, 3.05) is 5.32 Å². The van der Waals surface area contributed by atoms with Crippen molar-refractivity contribution in [3.63, 3.8) is 0 Å². The zero-order valence-corrected chi connectivity index (χ0v) is 12.7. The van der Waals surface area contributed by atoms with Crippen LogP contribution in [-0.4, -0.2) is 9.97 Å². The molecule has 0 aliphatic carbocycles. The third kappa shape index (κ3) is 4.54. The van der Waals surface area contributed by atoms with Crippen LogP contribution in [0.25, 0.3) is 11.4 Å². The molecule has 0 aliphatic heterocycles. The molecule has 0 radical (unpaired) electrons. The fourth-order valence-corrected chi connectivity index (χ4v) is 2.37. The Kier molecular flexibility index (Phi) is 5.67. The Hall–Kier alpha value is -2.46. The summed E-state index contributed by atoms with van der Waals surface area (Å²) in [4.78, 5) is 8.86. The molecule has 0 saturated heterocycles. The van der Waals surface area contributed by atoms with E-state index in [1.807, 2.05) is 60.9 Å². The van der Waals surface area contributed by atoms with Crippen molar-refractivity contribution >= 4 is 16.5 Å². The first-order chi connectivity index (χ1) is 10.3. The molecule has 0 aromatic carbocycles. The molecule has 21 heavy (non-hydrogen) atoms. The first kappa shape index (κ1) is 14.9. The molecule has 4 heteroatoms. The van der Waals surface area contributed by atoms with Crippen molar-refractivity contribution in [1.82, 2.24) is 9.97 Å². The van der Waals surface area contributed by atoms with Crippen LogP contribution in [0.1, 0.15) is 6.92 Å².